The average molecular weight is 523 g/mol. The molecule has 0 aliphatic carbocycles. The number of para-hydroxylation sites is 1. The molecule has 9 heteroatoms. The number of hydrogen-bond donors (Lipinski definition) is 4. The van der Waals surface area contributed by atoms with Crippen LogP contribution >= 0.6 is 11.6 Å². The van der Waals surface area contributed by atoms with E-state index >= 15 is 0 Å². The number of aliphatic hydroxyl groups is 1. The van der Waals surface area contributed by atoms with E-state index in [-0.39, 0.29) is 18.7 Å². The van der Waals surface area contributed by atoms with Crippen LogP contribution in [0.2, 0.25) is 5.02 Å². The maximum Gasteiger partial charge on any atom is 0.268 e. The number of halogens is 2. The molecule has 1 spiro atoms. The third kappa shape index (κ3) is 4.54. The highest BCUT2D eigenvalue weighted by Gasteiger charge is 2.55. The Hall–Kier alpha value is -3.54. The standard InChI is InChI=1S/C28H28ClFN4O3/c1-4-18-13-28(19-7-5-6-8-20(19)33-26(28)37)15-34(18)25(36)23(14-27(2,3)30)32-24(35)22-11-16-9-10-17(29)12-21(16)31-22/h1,5-12,18,23,26,31,33,37H,13-15H2,2-3H3,(H,32,35)/t18-,23+,26?,28+/m1/s1. The second-order valence-corrected chi connectivity index (χ2v) is 10.9. The molecule has 5 rings (SSSR count). The van der Waals surface area contributed by atoms with Gasteiger partial charge in [-0.2, -0.15) is 0 Å². The molecule has 3 aromatic rings. The summed E-state index contributed by atoms with van der Waals surface area (Å²) >= 11 is 6.05. The highest BCUT2D eigenvalue weighted by atomic mass is 35.5. The molecule has 4 N–H and O–H groups in total. The quantitative estimate of drug-likeness (QED) is 0.381. The van der Waals surface area contributed by atoms with Gasteiger partial charge in [-0.05, 0) is 50.1 Å². The number of hydrogen-bond acceptors (Lipinski definition) is 4. The second kappa shape index (κ2) is 9.09. The summed E-state index contributed by atoms with van der Waals surface area (Å²) in [7, 11) is 0. The van der Waals surface area contributed by atoms with Crippen molar-refractivity contribution in [2.45, 2.75) is 56.1 Å². The average Bonchev–Trinajstić information content (AvgIpc) is 3.51. The molecule has 1 fully saturated rings. The van der Waals surface area contributed by atoms with Crippen LogP contribution in [0.4, 0.5) is 10.1 Å². The fourth-order valence-corrected chi connectivity index (χ4v) is 5.70. The van der Waals surface area contributed by atoms with Crippen molar-refractivity contribution in [3.05, 3.63) is 64.8 Å². The van der Waals surface area contributed by atoms with Crippen LogP contribution < -0.4 is 10.6 Å². The molecule has 1 unspecified atom stereocenters. The van der Waals surface area contributed by atoms with E-state index in [0.29, 0.717) is 17.0 Å². The number of aliphatic hydroxyl groups excluding tert-OH is 1. The van der Waals surface area contributed by atoms with Gasteiger partial charge in [-0.3, -0.25) is 9.59 Å². The molecule has 1 saturated heterocycles. The number of H-pyrrole nitrogens is 1. The number of aromatic nitrogens is 1. The Morgan fingerprint density at radius 1 is 1.32 bits per heavy atom. The number of carbonyl (C=O) groups is 2. The van der Waals surface area contributed by atoms with Crippen LogP contribution in [0.5, 0.6) is 0 Å². The van der Waals surface area contributed by atoms with Crippen molar-refractivity contribution in [1.29, 1.82) is 0 Å². The first-order valence-corrected chi connectivity index (χ1v) is 12.5. The van der Waals surface area contributed by atoms with Crippen molar-refractivity contribution in [3.8, 4) is 12.3 Å². The second-order valence-electron chi connectivity index (χ2n) is 10.5. The number of terminal acetylenes is 1. The number of rotatable bonds is 5. The number of nitrogens with one attached hydrogen (secondary N) is 3. The van der Waals surface area contributed by atoms with E-state index in [2.05, 4.69) is 21.5 Å². The molecule has 2 amide bonds. The van der Waals surface area contributed by atoms with Gasteiger partial charge in [-0.15, -0.1) is 6.42 Å². The van der Waals surface area contributed by atoms with Crippen molar-refractivity contribution in [3.63, 3.8) is 0 Å². The summed E-state index contributed by atoms with van der Waals surface area (Å²) in [4.78, 5) is 31.5. The lowest BCUT2D eigenvalue weighted by Gasteiger charge is -2.31. The van der Waals surface area contributed by atoms with Gasteiger partial charge in [0.25, 0.3) is 5.91 Å². The van der Waals surface area contributed by atoms with Crippen LogP contribution in [-0.4, -0.2) is 57.3 Å². The molecule has 37 heavy (non-hydrogen) atoms. The Bertz CT molecular complexity index is 1420. The smallest absolute Gasteiger partial charge is 0.268 e. The van der Waals surface area contributed by atoms with E-state index in [1.807, 2.05) is 24.3 Å². The normalized spacial score (nSPS) is 23.5. The SMILES string of the molecule is C#C[C@@H]1C[C@]2(CN1C(=O)[C@H](CC(C)(C)F)NC(=O)c1cc3ccc(Cl)cc3[nH]1)c1ccccc1NC2O. The van der Waals surface area contributed by atoms with Crippen molar-refractivity contribution in [2.24, 2.45) is 0 Å². The molecule has 3 heterocycles. The lowest BCUT2D eigenvalue weighted by molar-refractivity contribution is -0.134. The highest BCUT2D eigenvalue weighted by Crippen LogP contribution is 2.48. The summed E-state index contributed by atoms with van der Waals surface area (Å²) < 4.78 is 14.8. The number of likely N-dealkylation sites (tertiary alicyclic amines) is 1. The molecule has 7 nitrogen and oxygen atoms in total. The third-order valence-corrected chi connectivity index (χ3v) is 7.50. The van der Waals surface area contributed by atoms with Crippen LogP contribution in [0.25, 0.3) is 10.9 Å². The number of fused-ring (bicyclic) bond motifs is 3. The number of alkyl halides is 1. The highest BCUT2D eigenvalue weighted by molar-refractivity contribution is 6.31. The first kappa shape index (κ1) is 25.1. The summed E-state index contributed by atoms with van der Waals surface area (Å²) in [6.07, 6.45) is 4.98. The van der Waals surface area contributed by atoms with E-state index < -0.39 is 41.2 Å². The molecule has 0 bridgehead atoms. The van der Waals surface area contributed by atoms with E-state index in [4.69, 9.17) is 18.0 Å². The number of aromatic amines is 1. The van der Waals surface area contributed by atoms with Crippen LogP contribution in [-0.2, 0) is 10.2 Å². The minimum atomic E-state index is -1.74. The van der Waals surface area contributed by atoms with Gasteiger partial charge >= 0.3 is 0 Å². The molecular weight excluding hydrogens is 495 g/mol. The Balaban J connectivity index is 1.43. The summed E-state index contributed by atoms with van der Waals surface area (Å²) in [6, 6.07) is 12.5. The molecule has 2 aliphatic heterocycles. The minimum absolute atomic E-state index is 0.135. The van der Waals surface area contributed by atoms with Gasteiger partial charge in [0.2, 0.25) is 5.91 Å². The first-order chi connectivity index (χ1) is 17.5. The molecule has 192 valence electrons. The van der Waals surface area contributed by atoms with Crippen LogP contribution in [0.1, 0.15) is 42.7 Å². The zero-order valence-electron chi connectivity index (χ0n) is 20.5. The summed E-state index contributed by atoms with van der Waals surface area (Å²) in [5.41, 5.74) is 0.00422. The summed E-state index contributed by atoms with van der Waals surface area (Å²) in [5, 5.41) is 18.0. The summed E-state index contributed by atoms with van der Waals surface area (Å²) in [5.74, 6) is 1.63. The van der Waals surface area contributed by atoms with Crippen molar-refractivity contribution in [2.75, 3.05) is 11.9 Å². The lowest BCUT2D eigenvalue weighted by atomic mass is 9.79. The first-order valence-electron chi connectivity index (χ1n) is 12.1. The van der Waals surface area contributed by atoms with Crippen LogP contribution in [0.15, 0.2) is 48.5 Å². The predicted octanol–water partition coefficient (Wildman–Crippen LogP) is 3.97. The number of carbonyl (C=O) groups excluding carboxylic acids is 2. The van der Waals surface area contributed by atoms with Crippen molar-refractivity contribution >= 4 is 40.0 Å². The Kier molecular flexibility index (Phi) is 6.17. The fraction of sp³-hybridized carbons (Fsp3) is 0.357. The summed E-state index contributed by atoms with van der Waals surface area (Å²) in [6.45, 7) is 2.85. The van der Waals surface area contributed by atoms with E-state index in [0.717, 1.165) is 16.6 Å². The topological polar surface area (TPSA) is 97.5 Å². The van der Waals surface area contributed by atoms with Crippen LogP contribution in [0.3, 0.4) is 0 Å². The number of benzene rings is 2. The van der Waals surface area contributed by atoms with Crippen LogP contribution in [0, 0.1) is 12.3 Å². The fourth-order valence-electron chi connectivity index (χ4n) is 5.53. The lowest BCUT2D eigenvalue weighted by Crippen LogP contribution is -2.52. The van der Waals surface area contributed by atoms with Crippen molar-refractivity contribution < 1.29 is 19.1 Å². The number of amides is 2. The molecule has 0 saturated carbocycles. The molecular formula is C28H28ClFN4O3. The maximum absolute atomic E-state index is 14.8. The van der Waals surface area contributed by atoms with E-state index in [9.17, 15) is 19.1 Å². The number of nitrogens with zero attached hydrogens (tertiary/aromatic N) is 1. The van der Waals surface area contributed by atoms with Gasteiger partial charge in [0.1, 0.15) is 23.6 Å². The maximum atomic E-state index is 14.8. The zero-order chi connectivity index (χ0) is 26.5. The zero-order valence-corrected chi connectivity index (χ0v) is 21.3. The van der Waals surface area contributed by atoms with Gasteiger partial charge in [0, 0.05) is 34.6 Å². The number of anilines is 1. The van der Waals surface area contributed by atoms with E-state index in [1.165, 1.54) is 18.7 Å². The van der Waals surface area contributed by atoms with Gasteiger partial charge < -0.3 is 25.6 Å². The largest absolute Gasteiger partial charge is 0.373 e. The van der Waals surface area contributed by atoms with E-state index in [1.54, 1.807) is 24.3 Å². The molecule has 4 atom stereocenters. The Labute approximate surface area is 219 Å². The monoisotopic (exact) mass is 522 g/mol. The molecule has 2 aliphatic rings. The Morgan fingerprint density at radius 3 is 2.81 bits per heavy atom. The van der Waals surface area contributed by atoms with Gasteiger partial charge in [0.05, 0.1) is 11.5 Å². The molecule has 2 aromatic carbocycles. The minimum Gasteiger partial charge on any atom is -0.373 e. The van der Waals surface area contributed by atoms with Gasteiger partial charge in [-0.25, -0.2) is 4.39 Å². The van der Waals surface area contributed by atoms with Gasteiger partial charge in [0.15, 0.2) is 0 Å². The van der Waals surface area contributed by atoms with Gasteiger partial charge in [-0.1, -0.05) is 41.8 Å². The molecule has 1 aromatic heterocycles. The Morgan fingerprint density at radius 2 is 2.08 bits per heavy atom. The predicted molar refractivity (Wildman–Crippen MR) is 141 cm³/mol. The van der Waals surface area contributed by atoms with Crippen molar-refractivity contribution in [1.82, 2.24) is 15.2 Å². The molecule has 0 radical (unpaired) electrons. The third-order valence-electron chi connectivity index (χ3n) is 7.26.